The van der Waals surface area contributed by atoms with Crippen molar-refractivity contribution in [2.45, 2.75) is 32.5 Å². The van der Waals surface area contributed by atoms with E-state index in [0.29, 0.717) is 0 Å². The molecule has 0 spiro atoms. The second kappa shape index (κ2) is 7.50. The number of ether oxygens (including phenoxy) is 1. The lowest BCUT2D eigenvalue weighted by molar-refractivity contribution is -0.384. The van der Waals surface area contributed by atoms with Crippen LogP contribution in [0.5, 0.6) is 5.75 Å². The first-order valence-electron chi connectivity index (χ1n) is 10.0. The van der Waals surface area contributed by atoms with Gasteiger partial charge in [0.1, 0.15) is 5.75 Å². The molecule has 0 unspecified atom stereocenters. The van der Waals surface area contributed by atoms with Gasteiger partial charge in [0.05, 0.1) is 16.7 Å². The molecule has 0 aliphatic carbocycles. The number of benzene rings is 3. The van der Waals surface area contributed by atoms with E-state index in [1.165, 1.54) is 23.3 Å². The third-order valence-corrected chi connectivity index (χ3v) is 6.34. The molecule has 0 radical (unpaired) electrons. The molecule has 0 saturated carbocycles. The highest BCUT2D eigenvalue weighted by atomic mass is 79.9. The third kappa shape index (κ3) is 3.49. The highest BCUT2D eigenvalue weighted by Gasteiger charge is 2.41. The van der Waals surface area contributed by atoms with Gasteiger partial charge in [-0.2, -0.15) is 5.10 Å². The van der Waals surface area contributed by atoms with Gasteiger partial charge in [0.2, 0.25) is 6.23 Å². The molecule has 0 aromatic heterocycles. The molecule has 0 amide bonds. The van der Waals surface area contributed by atoms with Crippen molar-refractivity contribution in [3.05, 3.63) is 103 Å². The third-order valence-electron chi connectivity index (χ3n) is 5.84. The van der Waals surface area contributed by atoms with Gasteiger partial charge < -0.3 is 4.74 Å². The van der Waals surface area contributed by atoms with Crippen molar-refractivity contribution < 1.29 is 9.66 Å². The summed E-state index contributed by atoms with van der Waals surface area (Å²) in [5.74, 6) is 0.810. The van der Waals surface area contributed by atoms with Gasteiger partial charge in [-0.3, -0.25) is 10.1 Å². The van der Waals surface area contributed by atoms with Gasteiger partial charge in [-0.15, -0.1) is 0 Å². The minimum atomic E-state index is -0.456. The maximum absolute atomic E-state index is 11.1. The van der Waals surface area contributed by atoms with Crippen molar-refractivity contribution in [3.8, 4) is 5.75 Å². The number of fused-ring (bicyclic) bond motifs is 3. The summed E-state index contributed by atoms with van der Waals surface area (Å²) >= 11 is 3.57. The Morgan fingerprint density at radius 1 is 1.10 bits per heavy atom. The fourth-order valence-electron chi connectivity index (χ4n) is 4.25. The van der Waals surface area contributed by atoms with E-state index in [9.17, 15) is 10.1 Å². The fraction of sp³-hybridized carbons (Fsp3) is 0.208. The minimum absolute atomic E-state index is 0.0244. The van der Waals surface area contributed by atoms with E-state index >= 15 is 0 Å². The Hall–Kier alpha value is -3.19. The van der Waals surface area contributed by atoms with Crippen LogP contribution in [-0.2, 0) is 0 Å². The highest BCUT2D eigenvalue weighted by molar-refractivity contribution is 9.10. The lowest BCUT2D eigenvalue weighted by Gasteiger charge is -2.38. The molecule has 3 aromatic rings. The van der Waals surface area contributed by atoms with Crippen LogP contribution in [0, 0.1) is 24.0 Å². The summed E-state index contributed by atoms with van der Waals surface area (Å²) < 4.78 is 7.34. The molecule has 31 heavy (non-hydrogen) atoms. The molecule has 0 saturated heterocycles. The Kier molecular flexibility index (Phi) is 4.78. The van der Waals surface area contributed by atoms with Gasteiger partial charge in [-0.05, 0) is 55.8 Å². The summed E-state index contributed by atoms with van der Waals surface area (Å²) in [5.41, 5.74) is 6.52. The fourth-order valence-corrected chi connectivity index (χ4v) is 4.63. The summed E-state index contributed by atoms with van der Waals surface area (Å²) in [5, 5.41) is 18.1. The predicted molar refractivity (Wildman–Crippen MR) is 122 cm³/mol. The van der Waals surface area contributed by atoms with E-state index in [4.69, 9.17) is 9.84 Å². The van der Waals surface area contributed by atoms with Crippen molar-refractivity contribution in [1.82, 2.24) is 5.01 Å². The monoisotopic (exact) mass is 477 g/mol. The number of nitrogens with zero attached hydrogens (tertiary/aromatic N) is 3. The van der Waals surface area contributed by atoms with Crippen LogP contribution in [-0.4, -0.2) is 15.6 Å². The summed E-state index contributed by atoms with van der Waals surface area (Å²) in [4.78, 5) is 10.7. The topological polar surface area (TPSA) is 68.0 Å². The summed E-state index contributed by atoms with van der Waals surface area (Å²) in [6, 6.07) is 19.0. The number of hydrogen-bond donors (Lipinski definition) is 0. The molecule has 2 heterocycles. The van der Waals surface area contributed by atoms with Crippen molar-refractivity contribution in [2.75, 3.05) is 0 Å². The smallest absolute Gasteiger partial charge is 0.269 e. The Balaban J connectivity index is 1.60. The highest BCUT2D eigenvalue weighted by Crippen LogP contribution is 2.48. The van der Waals surface area contributed by atoms with Crippen LogP contribution in [0.3, 0.4) is 0 Å². The van der Waals surface area contributed by atoms with Gasteiger partial charge >= 0.3 is 0 Å². The van der Waals surface area contributed by atoms with Crippen LogP contribution in [0.1, 0.15) is 46.5 Å². The van der Waals surface area contributed by atoms with E-state index in [2.05, 4.69) is 54.0 Å². The lowest BCUT2D eigenvalue weighted by Crippen LogP contribution is -2.33. The molecule has 3 aromatic carbocycles. The predicted octanol–water partition coefficient (Wildman–Crippen LogP) is 6.22. The Labute approximate surface area is 188 Å². The van der Waals surface area contributed by atoms with Crippen LogP contribution in [0.2, 0.25) is 0 Å². The summed E-state index contributed by atoms with van der Waals surface area (Å²) in [7, 11) is 0. The van der Waals surface area contributed by atoms with Gasteiger partial charge in [-0.1, -0.05) is 33.6 Å². The second-order valence-corrected chi connectivity index (χ2v) is 8.88. The van der Waals surface area contributed by atoms with Crippen molar-refractivity contribution >= 4 is 27.3 Å². The number of nitro groups is 1. The zero-order chi connectivity index (χ0) is 21.7. The number of rotatable bonds is 3. The molecule has 6 nitrogen and oxygen atoms in total. The number of halogens is 1. The second-order valence-electron chi connectivity index (χ2n) is 7.97. The SMILES string of the molecule is Cc1ccc(C)c(C2=NN3[C@H](C2)c2cc(Br)ccc2O[C@@H]3c2ccc([N+](=O)[O-])cc2)c1. The van der Waals surface area contributed by atoms with Gasteiger partial charge in [-0.25, -0.2) is 5.01 Å². The molecule has 0 bridgehead atoms. The summed E-state index contributed by atoms with van der Waals surface area (Å²) in [6.45, 7) is 4.18. The molecule has 5 rings (SSSR count). The van der Waals surface area contributed by atoms with Gasteiger partial charge in [0.15, 0.2) is 0 Å². The largest absolute Gasteiger partial charge is 0.464 e. The minimum Gasteiger partial charge on any atom is -0.464 e. The van der Waals surface area contributed by atoms with Gasteiger partial charge in [0.25, 0.3) is 5.69 Å². The van der Waals surface area contributed by atoms with E-state index < -0.39 is 11.2 Å². The van der Waals surface area contributed by atoms with E-state index in [-0.39, 0.29) is 11.7 Å². The van der Waals surface area contributed by atoms with Gasteiger partial charge in [0, 0.05) is 39.7 Å². The lowest BCUT2D eigenvalue weighted by atomic mass is 9.93. The van der Waals surface area contributed by atoms with Crippen LogP contribution in [0.15, 0.2) is 70.2 Å². The average Bonchev–Trinajstić information content (AvgIpc) is 3.20. The average molecular weight is 478 g/mol. The van der Waals surface area contributed by atoms with E-state index in [1.807, 2.05) is 17.1 Å². The molecule has 7 heteroatoms. The Morgan fingerprint density at radius 2 is 1.87 bits per heavy atom. The van der Waals surface area contributed by atoms with E-state index in [0.717, 1.165) is 39.0 Å². The molecular weight excluding hydrogens is 458 g/mol. The van der Waals surface area contributed by atoms with Crippen molar-refractivity contribution in [1.29, 1.82) is 0 Å². The first-order valence-corrected chi connectivity index (χ1v) is 10.8. The number of nitro benzene ring substituents is 1. The van der Waals surface area contributed by atoms with Crippen LogP contribution in [0.25, 0.3) is 0 Å². The molecule has 2 aliphatic rings. The van der Waals surface area contributed by atoms with Crippen LogP contribution < -0.4 is 4.74 Å². The molecule has 156 valence electrons. The first-order chi connectivity index (χ1) is 14.9. The standard InChI is InChI=1S/C24H20BrN3O3/c1-14-3-4-15(2)19(11-14)21-13-22-20-12-17(25)7-10-23(20)31-24(27(22)26-21)16-5-8-18(9-6-16)28(29)30/h3-12,22,24H,13H2,1-2H3/t22-,24-/m1/s1. The summed E-state index contributed by atoms with van der Waals surface area (Å²) in [6.07, 6.45) is 0.308. The maximum atomic E-state index is 11.1. The van der Waals surface area contributed by atoms with Crippen molar-refractivity contribution in [3.63, 3.8) is 0 Å². The van der Waals surface area contributed by atoms with Crippen LogP contribution >= 0.6 is 15.9 Å². The number of non-ortho nitro benzene ring substituents is 1. The van der Waals surface area contributed by atoms with Crippen LogP contribution in [0.4, 0.5) is 5.69 Å². The molecule has 2 aliphatic heterocycles. The van der Waals surface area contributed by atoms with Crippen molar-refractivity contribution in [2.24, 2.45) is 5.10 Å². The quantitative estimate of drug-likeness (QED) is 0.331. The number of hydrazone groups is 1. The van der Waals surface area contributed by atoms with E-state index in [1.54, 1.807) is 12.1 Å². The zero-order valence-corrected chi connectivity index (χ0v) is 18.7. The molecule has 0 N–H and O–H groups in total. The number of hydrogen-bond acceptors (Lipinski definition) is 5. The first kappa shape index (κ1) is 19.8. The Morgan fingerprint density at radius 3 is 2.61 bits per heavy atom. The normalized spacial score (nSPS) is 19.3. The number of aryl methyl sites for hydroxylation is 2. The Bertz CT molecular complexity index is 1220. The molecule has 0 fully saturated rings. The molecular formula is C24H20BrN3O3. The zero-order valence-electron chi connectivity index (χ0n) is 17.1. The maximum Gasteiger partial charge on any atom is 0.269 e. The molecule has 2 atom stereocenters.